The summed E-state index contributed by atoms with van der Waals surface area (Å²) in [6.07, 6.45) is 0.446. The standard InChI is InChI=1S/C34H47N3O12/c1-3-24(2)31(34(46)47)35(14-16-36(18-29(38)39)27(32(42)43)22-48-20-25-10-6-4-7-11-25)15-17-37(19-30(40)41)28(33(44)45)23-49-21-26-12-8-5-9-13-26/h4-13,24,27-28,31H,3,14-23H2,1-2H3,(H,38,39)(H,40,41)(H,42,43)(H,44,45)(H,46,47)/t24-,27+,28+,31-/m0/s1. The first-order valence-electron chi connectivity index (χ1n) is 15.9. The quantitative estimate of drug-likeness (QED) is 0.0954. The normalized spacial score (nSPS) is 14.0. The Kier molecular flexibility index (Phi) is 17.9. The molecule has 15 nitrogen and oxygen atoms in total. The third-order valence-electron chi connectivity index (χ3n) is 8.08. The fraction of sp³-hybridized carbons (Fsp3) is 0.500. The van der Waals surface area contributed by atoms with Crippen LogP contribution < -0.4 is 0 Å². The zero-order chi connectivity index (χ0) is 36.3. The molecule has 0 radical (unpaired) electrons. The average molecular weight is 690 g/mol. The van der Waals surface area contributed by atoms with Crippen LogP contribution in [0.15, 0.2) is 60.7 Å². The zero-order valence-corrected chi connectivity index (χ0v) is 27.8. The van der Waals surface area contributed by atoms with Crippen molar-refractivity contribution in [2.75, 3.05) is 52.5 Å². The molecule has 0 bridgehead atoms. The van der Waals surface area contributed by atoms with Gasteiger partial charge in [-0.3, -0.25) is 38.7 Å². The number of carboxylic acid groups (broad SMARTS) is 5. The minimum atomic E-state index is -1.38. The SMILES string of the molecule is CC[C@H](C)[C@@H](C(=O)O)N(CCN(CC(=O)O)[C@H](COCc1ccccc1)C(=O)O)CCN(CC(=O)O)[C@H](COCc1ccccc1)C(=O)O. The minimum Gasteiger partial charge on any atom is -0.480 e. The third-order valence-corrected chi connectivity index (χ3v) is 8.08. The summed E-state index contributed by atoms with van der Waals surface area (Å²) in [5, 5.41) is 49.5. The molecule has 15 heteroatoms. The van der Waals surface area contributed by atoms with Crippen molar-refractivity contribution in [3.8, 4) is 0 Å². The number of nitrogens with zero attached hydrogens (tertiary/aromatic N) is 3. The van der Waals surface area contributed by atoms with Crippen LogP contribution in [0.3, 0.4) is 0 Å². The van der Waals surface area contributed by atoms with Gasteiger partial charge in [-0.15, -0.1) is 0 Å². The number of ether oxygens (including phenoxy) is 2. The van der Waals surface area contributed by atoms with E-state index in [0.29, 0.717) is 6.42 Å². The van der Waals surface area contributed by atoms with E-state index < -0.39 is 67.0 Å². The van der Waals surface area contributed by atoms with Gasteiger partial charge in [-0.1, -0.05) is 80.9 Å². The summed E-state index contributed by atoms with van der Waals surface area (Å²) < 4.78 is 11.3. The summed E-state index contributed by atoms with van der Waals surface area (Å²) in [5.74, 6) is -6.87. The molecule has 0 saturated carbocycles. The van der Waals surface area contributed by atoms with Crippen LogP contribution >= 0.6 is 0 Å². The molecular weight excluding hydrogens is 642 g/mol. The number of benzene rings is 2. The average Bonchev–Trinajstić information content (AvgIpc) is 3.05. The van der Waals surface area contributed by atoms with E-state index in [2.05, 4.69) is 0 Å². The van der Waals surface area contributed by atoms with Gasteiger partial charge in [0.25, 0.3) is 0 Å². The molecule has 0 saturated heterocycles. The lowest BCUT2D eigenvalue weighted by molar-refractivity contribution is -0.151. The number of hydrogen-bond acceptors (Lipinski definition) is 10. The molecular formula is C34H47N3O12. The molecule has 0 amide bonds. The van der Waals surface area contributed by atoms with Gasteiger partial charge in [0, 0.05) is 26.2 Å². The smallest absolute Gasteiger partial charge is 0.323 e. The summed E-state index contributed by atoms with van der Waals surface area (Å²) in [7, 11) is 0. The first-order valence-corrected chi connectivity index (χ1v) is 15.9. The molecule has 2 aromatic carbocycles. The molecule has 270 valence electrons. The Morgan fingerprint density at radius 3 is 1.27 bits per heavy atom. The van der Waals surface area contributed by atoms with Crippen molar-refractivity contribution in [1.29, 1.82) is 0 Å². The third kappa shape index (κ3) is 14.7. The summed E-state index contributed by atoms with van der Waals surface area (Å²) in [5.41, 5.74) is 1.58. The number of hydrogen-bond donors (Lipinski definition) is 5. The lowest BCUT2D eigenvalue weighted by atomic mass is 9.97. The maximum absolute atomic E-state index is 12.5. The van der Waals surface area contributed by atoms with Crippen molar-refractivity contribution in [1.82, 2.24) is 14.7 Å². The molecule has 0 heterocycles. The zero-order valence-electron chi connectivity index (χ0n) is 27.8. The second-order valence-corrected chi connectivity index (χ2v) is 11.6. The van der Waals surface area contributed by atoms with Gasteiger partial charge in [-0.25, -0.2) is 0 Å². The molecule has 0 aliphatic carbocycles. The van der Waals surface area contributed by atoms with Crippen molar-refractivity contribution in [2.45, 2.75) is 51.6 Å². The van der Waals surface area contributed by atoms with Gasteiger partial charge in [0.05, 0.1) is 39.5 Å². The monoisotopic (exact) mass is 689 g/mol. The molecule has 2 aromatic rings. The summed E-state index contributed by atoms with van der Waals surface area (Å²) in [4.78, 5) is 64.5. The number of aliphatic carboxylic acids is 5. The second kappa shape index (κ2) is 21.5. The molecule has 0 aromatic heterocycles. The van der Waals surface area contributed by atoms with Crippen LogP contribution in [0.25, 0.3) is 0 Å². The van der Waals surface area contributed by atoms with Crippen molar-refractivity contribution < 1.29 is 59.0 Å². The first-order chi connectivity index (χ1) is 23.3. The molecule has 0 aliphatic rings. The molecule has 0 aliphatic heterocycles. The Hall–Kier alpha value is -4.41. The summed E-state index contributed by atoms with van der Waals surface area (Å²) >= 11 is 0. The van der Waals surface area contributed by atoms with Crippen molar-refractivity contribution in [2.24, 2.45) is 5.92 Å². The Bertz CT molecular complexity index is 1240. The van der Waals surface area contributed by atoms with E-state index in [4.69, 9.17) is 9.47 Å². The van der Waals surface area contributed by atoms with Crippen molar-refractivity contribution in [3.63, 3.8) is 0 Å². The van der Waals surface area contributed by atoms with Gasteiger partial charge in [0.2, 0.25) is 0 Å². The van der Waals surface area contributed by atoms with E-state index in [0.717, 1.165) is 11.1 Å². The van der Waals surface area contributed by atoms with Gasteiger partial charge in [-0.2, -0.15) is 0 Å². The lowest BCUT2D eigenvalue weighted by Crippen LogP contribution is -2.55. The van der Waals surface area contributed by atoms with Crippen LogP contribution in [0, 0.1) is 5.92 Å². The van der Waals surface area contributed by atoms with E-state index in [1.54, 1.807) is 62.4 Å². The van der Waals surface area contributed by atoms with E-state index in [9.17, 15) is 49.5 Å². The highest BCUT2D eigenvalue weighted by Crippen LogP contribution is 2.17. The molecule has 49 heavy (non-hydrogen) atoms. The summed E-state index contributed by atoms with van der Waals surface area (Å²) in [6, 6.07) is 14.1. The Labute approximate surface area is 285 Å². The molecule has 0 unspecified atom stereocenters. The topological polar surface area (TPSA) is 215 Å². The summed E-state index contributed by atoms with van der Waals surface area (Å²) in [6.45, 7) is 1.00. The highest BCUT2D eigenvalue weighted by molar-refractivity contribution is 5.76. The highest BCUT2D eigenvalue weighted by atomic mass is 16.5. The molecule has 0 fully saturated rings. The van der Waals surface area contributed by atoms with Crippen molar-refractivity contribution in [3.05, 3.63) is 71.8 Å². The number of carbonyl (C=O) groups is 5. The molecule has 4 atom stereocenters. The van der Waals surface area contributed by atoms with Crippen molar-refractivity contribution >= 4 is 29.8 Å². The second-order valence-electron chi connectivity index (χ2n) is 11.6. The number of carboxylic acids is 5. The maximum atomic E-state index is 12.5. The largest absolute Gasteiger partial charge is 0.480 e. The van der Waals surface area contributed by atoms with Gasteiger partial charge < -0.3 is 35.0 Å². The van der Waals surface area contributed by atoms with Crippen LogP contribution in [0.4, 0.5) is 0 Å². The van der Waals surface area contributed by atoms with Gasteiger partial charge in [0.1, 0.15) is 18.1 Å². The van der Waals surface area contributed by atoms with Crippen LogP contribution in [0.5, 0.6) is 0 Å². The maximum Gasteiger partial charge on any atom is 0.323 e. The van der Waals surface area contributed by atoms with Crippen LogP contribution in [0.2, 0.25) is 0 Å². The fourth-order valence-electron chi connectivity index (χ4n) is 5.32. The van der Waals surface area contributed by atoms with E-state index in [1.165, 1.54) is 14.7 Å². The highest BCUT2D eigenvalue weighted by Gasteiger charge is 2.35. The molecule has 5 N–H and O–H groups in total. The first kappa shape index (κ1) is 40.8. The Morgan fingerprint density at radius 2 is 0.959 bits per heavy atom. The van der Waals surface area contributed by atoms with Gasteiger partial charge >= 0.3 is 29.8 Å². The lowest BCUT2D eigenvalue weighted by Gasteiger charge is -2.37. The Morgan fingerprint density at radius 1 is 0.592 bits per heavy atom. The molecule has 0 spiro atoms. The predicted molar refractivity (Wildman–Crippen MR) is 176 cm³/mol. The van der Waals surface area contributed by atoms with Crippen LogP contribution in [0.1, 0.15) is 31.4 Å². The van der Waals surface area contributed by atoms with Gasteiger partial charge in [0.15, 0.2) is 0 Å². The van der Waals surface area contributed by atoms with E-state index in [-0.39, 0.29) is 52.6 Å². The minimum absolute atomic E-state index is 0.0893. The van der Waals surface area contributed by atoms with Gasteiger partial charge in [-0.05, 0) is 17.0 Å². The predicted octanol–water partition coefficient (Wildman–Crippen LogP) is 1.90. The Balaban J connectivity index is 2.28. The molecule has 2 rings (SSSR count). The number of rotatable bonds is 26. The fourth-order valence-corrected chi connectivity index (χ4v) is 5.32. The van der Waals surface area contributed by atoms with Crippen LogP contribution in [-0.4, -0.2) is 141 Å². The van der Waals surface area contributed by atoms with E-state index in [1.807, 2.05) is 12.1 Å². The van der Waals surface area contributed by atoms with Crippen LogP contribution in [-0.2, 0) is 46.7 Å². The van der Waals surface area contributed by atoms with E-state index >= 15 is 0 Å².